The molecular weight excluding hydrogens is 438 g/mol. The van der Waals surface area contributed by atoms with Gasteiger partial charge in [0.1, 0.15) is 29.2 Å². The summed E-state index contributed by atoms with van der Waals surface area (Å²) in [4.78, 5) is 11.3. The highest BCUT2D eigenvalue weighted by Gasteiger charge is 2.34. The van der Waals surface area contributed by atoms with E-state index in [0.29, 0.717) is 46.9 Å². The molecule has 5 rings (SSSR count). The molecule has 3 aromatic rings. The average Bonchev–Trinajstić information content (AvgIpc) is 3.58. The van der Waals surface area contributed by atoms with Gasteiger partial charge in [-0.15, -0.1) is 0 Å². The molecule has 1 unspecified atom stereocenters. The summed E-state index contributed by atoms with van der Waals surface area (Å²) in [5, 5.41) is 9.31. The van der Waals surface area contributed by atoms with Crippen molar-refractivity contribution < 1.29 is 28.2 Å². The largest absolute Gasteiger partial charge is 0.497 e. The van der Waals surface area contributed by atoms with E-state index >= 15 is 4.39 Å². The zero-order chi connectivity index (χ0) is 23.8. The monoisotopic (exact) mass is 464 g/mol. The lowest BCUT2D eigenvalue weighted by atomic mass is 9.91. The van der Waals surface area contributed by atoms with Crippen LogP contribution in [0, 0.1) is 17.6 Å². The Labute approximate surface area is 197 Å². The quantitative estimate of drug-likeness (QED) is 0.404. The number of carboxylic acids is 1. The summed E-state index contributed by atoms with van der Waals surface area (Å²) < 4.78 is 41.1. The van der Waals surface area contributed by atoms with Crippen LogP contribution in [0.3, 0.4) is 0 Å². The van der Waals surface area contributed by atoms with Crippen LogP contribution in [-0.4, -0.2) is 18.2 Å². The first-order chi connectivity index (χ1) is 16.4. The molecule has 2 aliphatic rings. The number of benzene rings is 3. The van der Waals surface area contributed by atoms with E-state index in [1.54, 1.807) is 6.07 Å². The molecule has 6 heteroatoms. The van der Waals surface area contributed by atoms with Gasteiger partial charge < -0.3 is 14.6 Å². The average molecular weight is 465 g/mol. The molecule has 0 aliphatic heterocycles. The highest BCUT2D eigenvalue weighted by Crippen LogP contribution is 2.46. The SMILES string of the molecule is COc1ccc(F)c(-c2cc(F)c3c(c2)CC[C@H]3Oc2cccc(C(CC(=O)O)C3CC3)c2)c1. The van der Waals surface area contributed by atoms with Gasteiger partial charge in [-0.05, 0) is 90.6 Å². The van der Waals surface area contributed by atoms with Crippen molar-refractivity contribution in [3.63, 3.8) is 0 Å². The van der Waals surface area contributed by atoms with E-state index < -0.39 is 23.7 Å². The molecule has 0 spiro atoms. The molecule has 2 aliphatic carbocycles. The van der Waals surface area contributed by atoms with Gasteiger partial charge in [0.15, 0.2) is 0 Å². The van der Waals surface area contributed by atoms with Crippen LogP contribution in [0.25, 0.3) is 11.1 Å². The minimum absolute atomic E-state index is 0.0334. The summed E-state index contributed by atoms with van der Waals surface area (Å²) in [6.45, 7) is 0. The van der Waals surface area contributed by atoms with E-state index in [2.05, 4.69) is 0 Å². The number of hydrogen-bond acceptors (Lipinski definition) is 3. The fraction of sp³-hybridized carbons (Fsp3) is 0.321. The van der Waals surface area contributed by atoms with Crippen molar-refractivity contribution in [1.29, 1.82) is 0 Å². The number of hydrogen-bond donors (Lipinski definition) is 1. The maximum Gasteiger partial charge on any atom is 0.303 e. The number of carbonyl (C=O) groups is 1. The number of halogens is 2. The lowest BCUT2D eigenvalue weighted by Crippen LogP contribution is -2.09. The number of ether oxygens (including phenoxy) is 2. The molecule has 4 nitrogen and oxygen atoms in total. The maximum atomic E-state index is 15.3. The summed E-state index contributed by atoms with van der Waals surface area (Å²) in [6, 6.07) is 15.1. The molecule has 34 heavy (non-hydrogen) atoms. The Kier molecular flexibility index (Phi) is 5.98. The molecule has 0 heterocycles. The van der Waals surface area contributed by atoms with Crippen LogP contribution in [0.15, 0.2) is 54.6 Å². The van der Waals surface area contributed by atoms with Crippen LogP contribution >= 0.6 is 0 Å². The first-order valence-corrected chi connectivity index (χ1v) is 11.6. The Morgan fingerprint density at radius 2 is 1.85 bits per heavy atom. The van der Waals surface area contributed by atoms with Crippen LogP contribution in [0.4, 0.5) is 8.78 Å². The Morgan fingerprint density at radius 1 is 1.03 bits per heavy atom. The third-order valence-electron chi connectivity index (χ3n) is 6.85. The van der Waals surface area contributed by atoms with Crippen LogP contribution in [-0.2, 0) is 11.2 Å². The lowest BCUT2D eigenvalue weighted by Gasteiger charge is -2.19. The Hall–Kier alpha value is -3.41. The van der Waals surface area contributed by atoms with Crippen molar-refractivity contribution in [1.82, 2.24) is 0 Å². The fourth-order valence-corrected chi connectivity index (χ4v) is 5.03. The van der Waals surface area contributed by atoms with Gasteiger partial charge in [0.05, 0.1) is 13.5 Å². The molecule has 1 saturated carbocycles. The lowest BCUT2D eigenvalue weighted by molar-refractivity contribution is -0.137. The van der Waals surface area contributed by atoms with E-state index in [0.717, 1.165) is 24.0 Å². The molecule has 1 N–H and O–H groups in total. The summed E-state index contributed by atoms with van der Waals surface area (Å²) in [5.41, 5.74) is 3.02. The molecule has 3 aromatic carbocycles. The number of aryl methyl sites for hydroxylation is 1. The van der Waals surface area contributed by atoms with E-state index in [9.17, 15) is 14.3 Å². The second-order valence-corrected chi connectivity index (χ2v) is 9.14. The highest BCUT2D eigenvalue weighted by atomic mass is 19.1. The van der Waals surface area contributed by atoms with Crippen LogP contribution in [0.2, 0.25) is 0 Å². The second-order valence-electron chi connectivity index (χ2n) is 9.14. The first kappa shape index (κ1) is 22.4. The van der Waals surface area contributed by atoms with Gasteiger partial charge in [-0.3, -0.25) is 4.79 Å². The van der Waals surface area contributed by atoms with Crippen molar-refractivity contribution in [3.05, 3.63) is 82.9 Å². The van der Waals surface area contributed by atoms with Gasteiger partial charge in [0, 0.05) is 11.1 Å². The predicted octanol–water partition coefficient (Wildman–Crippen LogP) is 6.68. The molecule has 0 aromatic heterocycles. The van der Waals surface area contributed by atoms with Crippen molar-refractivity contribution in [2.45, 2.75) is 44.1 Å². The summed E-state index contributed by atoms with van der Waals surface area (Å²) in [5.74, 6) is -0.192. The van der Waals surface area contributed by atoms with Gasteiger partial charge in [-0.1, -0.05) is 18.2 Å². The van der Waals surface area contributed by atoms with E-state index in [1.807, 2.05) is 30.3 Å². The van der Waals surface area contributed by atoms with Crippen LogP contribution in [0.5, 0.6) is 11.5 Å². The van der Waals surface area contributed by atoms with Gasteiger partial charge in [-0.2, -0.15) is 0 Å². The molecular formula is C28H26F2O4. The topological polar surface area (TPSA) is 55.8 Å². The Morgan fingerprint density at radius 3 is 2.59 bits per heavy atom. The molecule has 1 fully saturated rings. The number of rotatable bonds is 8. The predicted molar refractivity (Wildman–Crippen MR) is 124 cm³/mol. The second kappa shape index (κ2) is 9.09. The van der Waals surface area contributed by atoms with Crippen LogP contribution < -0.4 is 9.47 Å². The van der Waals surface area contributed by atoms with Crippen molar-refractivity contribution >= 4 is 5.97 Å². The van der Waals surface area contributed by atoms with Crippen LogP contribution in [0.1, 0.15) is 54.4 Å². The maximum absolute atomic E-state index is 15.3. The van der Waals surface area contributed by atoms with Gasteiger partial charge in [-0.25, -0.2) is 8.78 Å². The van der Waals surface area contributed by atoms with E-state index in [-0.39, 0.29) is 12.3 Å². The Balaban J connectivity index is 1.40. The third kappa shape index (κ3) is 4.49. The zero-order valence-electron chi connectivity index (χ0n) is 18.9. The fourth-order valence-electron chi connectivity index (χ4n) is 5.03. The number of carboxylic acid groups (broad SMARTS) is 1. The summed E-state index contributed by atoms with van der Waals surface area (Å²) >= 11 is 0. The Bertz CT molecular complexity index is 1240. The smallest absolute Gasteiger partial charge is 0.303 e. The van der Waals surface area contributed by atoms with Crippen molar-refractivity contribution in [2.75, 3.05) is 7.11 Å². The molecule has 0 bridgehead atoms. The number of methoxy groups -OCH3 is 1. The third-order valence-corrected chi connectivity index (χ3v) is 6.85. The number of aliphatic carboxylic acids is 1. The first-order valence-electron chi connectivity index (χ1n) is 11.6. The molecule has 0 saturated heterocycles. The van der Waals surface area contributed by atoms with E-state index in [1.165, 1.54) is 25.3 Å². The van der Waals surface area contributed by atoms with Crippen molar-refractivity contribution in [2.24, 2.45) is 5.92 Å². The minimum atomic E-state index is -0.807. The van der Waals surface area contributed by atoms with Gasteiger partial charge in [0.2, 0.25) is 0 Å². The van der Waals surface area contributed by atoms with Gasteiger partial charge >= 0.3 is 5.97 Å². The number of fused-ring (bicyclic) bond motifs is 1. The zero-order valence-corrected chi connectivity index (χ0v) is 18.9. The highest BCUT2D eigenvalue weighted by molar-refractivity contribution is 5.69. The molecule has 0 radical (unpaired) electrons. The van der Waals surface area contributed by atoms with Crippen molar-refractivity contribution in [3.8, 4) is 22.6 Å². The minimum Gasteiger partial charge on any atom is -0.497 e. The van der Waals surface area contributed by atoms with E-state index in [4.69, 9.17) is 9.47 Å². The summed E-state index contributed by atoms with van der Waals surface area (Å²) in [6.07, 6.45) is 2.97. The van der Waals surface area contributed by atoms with Gasteiger partial charge in [0.25, 0.3) is 0 Å². The standard InChI is InChI=1S/C28H26F2O4/c1-33-20-8-9-24(29)23(14-20)19-11-18-7-10-26(28(18)25(30)13-19)34-21-4-2-3-17(12-21)22(15-27(31)32)16-5-6-16/h2-4,8-9,11-14,16,22,26H,5-7,10,15H2,1H3,(H,31,32)/t22?,26-/m1/s1. The molecule has 2 atom stereocenters. The normalized spacial score (nSPS) is 17.8. The summed E-state index contributed by atoms with van der Waals surface area (Å²) in [7, 11) is 1.51. The molecule has 176 valence electrons. The molecule has 0 amide bonds.